The fourth-order valence-corrected chi connectivity index (χ4v) is 2.53. The largest absolute Gasteiger partial charge is 0.380 e. The molecule has 0 bridgehead atoms. The van der Waals surface area contributed by atoms with Crippen LogP contribution in [0.4, 0.5) is 17.2 Å². The summed E-state index contributed by atoms with van der Waals surface area (Å²) in [5.41, 5.74) is 1.72. The fourth-order valence-electron chi connectivity index (χ4n) is 2.53. The van der Waals surface area contributed by atoms with Gasteiger partial charge in [-0.15, -0.1) is 10.2 Å². The van der Waals surface area contributed by atoms with Gasteiger partial charge in [-0.1, -0.05) is 0 Å². The van der Waals surface area contributed by atoms with Gasteiger partial charge in [-0.25, -0.2) is 4.98 Å². The molecule has 2 aromatic rings. The van der Waals surface area contributed by atoms with E-state index in [9.17, 15) is 4.79 Å². The molecule has 1 saturated heterocycles. The van der Waals surface area contributed by atoms with Crippen molar-refractivity contribution < 1.29 is 9.53 Å². The molecule has 0 aromatic carbocycles. The predicted octanol–water partition coefficient (Wildman–Crippen LogP) is 0.247. The van der Waals surface area contributed by atoms with Crippen LogP contribution in [-0.2, 0) is 4.74 Å². The van der Waals surface area contributed by atoms with Gasteiger partial charge in [-0.05, 0) is 12.1 Å². The monoisotopic (exact) mass is 368 g/mol. The third-order valence-corrected chi connectivity index (χ3v) is 3.91. The molecule has 2 aromatic heterocycles. The average Bonchev–Trinajstić information content (AvgIpc) is 2.73. The maximum atomic E-state index is 12.1. The summed E-state index contributed by atoms with van der Waals surface area (Å²) in [6.45, 7) is 2.76. The Morgan fingerprint density at radius 2 is 2.33 bits per heavy atom. The van der Waals surface area contributed by atoms with Crippen molar-refractivity contribution in [3.8, 4) is 6.07 Å². The smallest absolute Gasteiger partial charge is 0.273 e. The predicted molar refractivity (Wildman–Crippen MR) is 98.8 cm³/mol. The standard InChI is InChI=1S/C17H20N8O2/c1-19-17(26)16-14(22-10-13-9-20-4-5-27-13)6-15(24-25-16)23-12-3-2-11(7-18)21-8-12/h2-3,6,8,13,20H,4-5,9-10H2,1H3,(H,19,26)(H2,22,23,24). The highest BCUT2D eigenvalue weighted by molar-refractivity contribution is 5.97. The van der Waals surface area contributed by atoms with E-state index in [1.807, 2.05) is 6.07 Å². The van der Waals surface area contributed by atoms with Crippen LogP contribution >= 0.6 is 0 Å². The van der Waals surface area contributed by atoms with E-state index in [4.69, 9.17) is 10.00 Å². The first-order valence-electron chi connectivity index (χ1n) is 8.48. The summed E-state index contributed by atoms with van der Waals surface area (Å²) in [7, 11) is 1.54. The Hall–Kier alpha value is -3.29. The Morgan fingerprint density at radius 3 is 3.00 bits per heavy atom. The number of anilines is 3. The van der Waals surface area contributed by atoms with Crippen molar-refractivity contribution in [3.63, 3.8) is 0 Å². The number of ether oxygens (including phenoxy) is 1. The van der Waals surface area contributed by atoms with E-state index in [1.165, 1.54) is 13.2 Å². The first-order valence-corrected chi connectivity index (χ1v) is 8.48. The van der Waals surface area contributed by atoms with Crippen LogP contribution in [0.25, 0.3) is 0 Å². The highest BCUT2D eigenvalue weighted by atomic mass is 16.5. The number of hydrogen-bond acceptors (Lipinski definition) is 9. The lowest BCUT2D eigenvalue weighted by Crippen LogP contribution is -2.42. The van der Waals surface area contributed by atoms with Crippen LogP contribution in [0.3, 0.4) is 0 Å². The number of hydrogen-bond donors (Lipinski definition) is 4. The number of rotatable bonds is 6. The summed E-state index contributed by atoms with van der Waals surface area (Å²) in [4.78, 5) is 16.1. The molecule has 0 spiro atoms. The van der Waals surface area contributed by atoms with Gasteiger partial charge in [0, 0.05) is 32.7 Å². The lowest BCUT2D eigenvalue weighted by Gasteiger charge is -2.24. The van der Waals surface area contributed by atoms with Crippen LogP contribution in [0, 0.1) is 11.3 Å². The molecule has 10 heteroatoms. The Balaban J connectivity index is 1.76. The fraction of sp³-hybridized carbons (Fsp3) is 0.353. The molecular weight excluding hydrogens is 348 g/mol. The first kappa shape index (κ1) is 18.5. The summed E-state index contributed by atoms with van der Waals surface area (Å²) in [6, 6.07) is 6.98. The topological polar surface area (TPSA) is 137 Å². The minimum absolute atomic E-state index is 0.00332. The van der Waals surface area contributed by atoms with Crippen molar-refractivity contribution in [2.45, 2.75) is 6.10 Å². The lowest BCUT2D eigenvalue weighted by atomic mass is 10.2. The van der Waals surface area contributed by atoms with Gasteiger partial charge in [0.2, 0.25) is 0 Å². The zero-order valence-electron chi connectivity index (χ0n) is 14.8. The van der Waals surface area contributed by atoms with Crippen molar-refractivity contribution in [2.75, 3.05) is 43.9 Å². The Bertz CT molecular complexity index is 828. The number of pyridine rings is 1. The van der Waals surface area contributed by atoms with Gasteiger partial charge >= 0.3 is 0 Å². The Labute approximate surface area is 156 Å². The van der Waals surface area contributed by atoms with Gasteiger partial charge in [0.15, 0.2) is 11.5 Å². The zero-order valence-corrected chi connectivity index (χ0v) is 14.8. The highest BCUT2D eigenvalue weighted by Gasteiger charge is 2.17. The van der Waals surface area contributed by atoms with Crippen molar-refractivity contribution in [1.29, 1.82) is 5.26 Å². The summed E-state index contributed by atoms with van der Waals surface area (Å²) in [5, 5.41) is 29.0. The second kappa shape index (κ2) is 8.88. The zero-order chi connectivity index (χ0) is 19.1. The number of aromatic nitrogens is 3. The summed E-state index contributed by atoms with van der Waals surface area (Å²) < 4.78 is 5.66. The Kier molecular flexibility index (Phi) is 6.09. The van der Waals surface area contributed by atoms with Gasteiger partial charge in [0.05, 0.1) is 30.3 Å². The number of amides is 1. The van der Waals surface area contributed by atoms with Crippen LogP contribution in [0.15, 0.2) is 24.4 Å². The van der Waals surface area contributed by atoms with Crippen LogP contribution < -0.4 is 21.3 Å². The second-order valence-corrected chi connectivity index (χ2v) is 5.82. The molecule has 27 heavy (non-hydrogen) atoms. The minimum Gasteiger partial charge on any atom is -0.380 e. The number of morpholine rings is 1. The van der Waals surface area contributed by atoms with Gasteiger partial charge in [-0.3, -0.25) is 4.79 Å². The molecular formula is C17H20N8O2. The number of nitrogens with one attached hydrogen (secondary N) is 4. The van der Waals surface area contributed by atoms with E-state index < -0.39 is 0 Å². The molecule has 0 saturated carbocycles. The SMILES string of the molecule is CNC(=O)c1nnc(Nc2ccc(C#N)nc2)cc1NCC1CNCCO1. The van der Waals surface area contributed by atoms with Gasteiger partial charge in [-0.2, -0.15) is 5.26 Å². The Morgan fingerprint density at radius 1 is 1.44 bits per heavy atom. The second-order valence-electron chi connectivity index (χ2n) is 5.82. The number of nitriles is 1. The van der Waals surface area contributed by atoms with Crippen molar-refractivity contribution in [3.05, 3.63) is 35.8 Å². The van der Waals surface area contributed by atoms with E-state index in [-0.39, 0.29) is 17.7 Å². The van der Waals surface area contributed by atoms with E-state index in [1.54, 1.807) is 18.2 Å². The number of carbonyl (C=O) groups is 1. The van der Waals surface area contributed by atoms with Crippen molar-refractivity contribution in [1.82, 2.24) is 25.8 Å². The van der Waals surface area contributed by atoms with Crippen LogP contribution in [0.5, 0.6) is 0 Å². The maximum Gasteiger partial charge on any atom is 0.273 e. The van der Waals surface area contributed by atoms with Crippen LogP contribution in [-0.4, -0.2) is 60.5 Å². The molecule has 3 heterocycles. The molecule has 4 N–H and O–H groups in total. The van der Waals surface area contributed by atoms with Gasteiger partial charge in [0.25, 0.3) is 5.91 Å². The van der Waals surface area contributed by atoms with E-state index >= 15 is 0 Å². The molecule has 140 valence electrons. The van der Waals surface area contributed by atoms with Crippen molar-refractivity contribution >= 4 is 23.1 Å². The molecule has 10 nitrogen and oxygen atoms in total. The first-order chi connectivity index (χ1) is 13.2. The van der Waals surface area contributed by atoms with Crippen LogP contribution in [0.1, 0.15) is 16.2 Å². The van der Waals surface area contributed by atoms with Gasteiger partial charge < -0.3 is 26.0 Å². The molecule has 1 unspecified atom stereocenters. The molecule has 0 radical (unpaired) electrons. The van der Waals surface area contributed by atoms with E-state index in [0.29, 0.717) is 36.0 Å². The summed E-state index contributed by atoms with van der Waals surface area (Å²) in [5.74, 6) is 0.110. The molecule has 1 aliphatic heterocycles. The molecule has 1 fully saturated rings. The summed E-state index contributed by atoms with van der Waals surface area (Å²) in [6.07, 6.45) is 1.53. The molecule has 1 atom stereocenters. The summed E-state index contributed by atoms with van der Waals surface area (Å²) >= 11 is 0. The lowest BCUT2D eigenvalue weighted by molar-refractivity contribution is 0.0372. The quantitative estimate of drug-likeness (QED) is 0.565. The molecule has 1 aliphatic rings. The normalized spacial score (nSPS) is 16.2. The minimum atomic E-state index is -0.334. The maximum absolute atomic E-state index is 12.1. The third kappa shape index (κ3) is 4.87. The van der Waals surface area contributed by atoms with Gasteiger partial charge in [0.1, 0.15) is 11.8 Å². The third-order valence-electron chi connectivity index (χ3n) is 3.91. The molecule has 0 aliphatic carbocycles. The van der Waals surface area contributed by atoms with Crippen LogP contribution in [0.2, 0.25) is 0 Å². The van der Waals surface area contributed by atoms with E-state index in [0.717, 1.165) is 13.1 Å². The number of carbonyl (C=O) groups excluding carboxylic acids is 1. The van der Waals surface area contributed by atoms with Crippen molar-refractivity contribution in [2.24, 2.45) is 0 Å². The molecule has 1 amide bonds. The number of nitrogens with zero attached hydrogens (tertiary/aromatic N) is 4. The van der Waals surface area contributed by atoms with E-state index in [2.05, 4.69) is 36.4 Å². The average molecular weight is 368 g/mol. The highest BCUT2D eigenvalue weighted by Crippen LogP contribution is 2.20. The molecule has 3 rings (SSSR count).